The minimum absolute atomic E-state index is 0.185. The smallest absolute Gasteiger partial charge is 0.201 e. The Morgan fingerprint density at radius 2 is 2.24 bits per heavy atom. The molecule has 0 spiro atoms. The lowest BCUT2D eigenvalue weighted by Crippen LogP contribution is -2.06. The lowest BCUT2D eigenvalue weighted by Gasteiger charge is -2.07. The monoisotopic (exact) mass is 286 g/mol. The molecule has 3 rings (SSSR count). The van der Waals surface area contributed by atoms with E-state index in [1.165, 1.54) is 13.2 Å². The van der Waals surface area contributed by atoms with Crippen LogP contribution in [0.1, 0.15) is 5.56 Å². The van der Waals surface area contributed by atoms with Crippen LogP contribution >= 0.6 is 0 Å². The van der Waals surface area contributed by atoms with Crippen LogP contribution in [-0.2, 0) is 13.0 Å². The SMILES string of the molecule is COc1cc2c(cc1F)nc(N)n2CCc1cccnc1. The summed E-state index contributed by atoms with van der Waals surface area (Å²) in [5.74, 6) is 0.105. The number of fused-ring (bicyclic) bond motifs is 1. The molecule has 2 heterocycles. The van der Waals surface area contributed by atoms with Gasteiger partial charge in [0.05, 0.1) is 18.1 Å². The molecule has 1 aromatic carbocycles. The summed E-state index contributed by atoms with van der Waals surface area (Å²) in [5, 5.41) is 0. The first-order valence-electron chi connectivity index (χ1n) is 6.57. The summed E-state index contributed by atoms with van der Waals surface area (Å²) in [7, 11) is 1.43. The second-order valence-electron chi connectivity index (χ2n) is 4.71. The number of aryl methyl sites for hydroxylation is 2. The number of methoxy groups -OCH3 is 1. The Bertz CT molecular complexity index is 770. The zero-order valence-electron chi connectivity index (χ0n) is 11.6. The molecule has 0 aliphatic rings. The van der Waals surface area contributed by atoms with Gasteiger partial charge in [-0.15, -0.1) is 0 Å². The van der Waals surface area contributed by atoms with Gasteiger partial charge in [0.1, 0.15) is 0 Å². The fourth-order valence-corrected chi connectivity index (χ4v) is 2.32. The van der Waals surface area contributed by atoms with Gasteiger partial charge in [-0.2, -0.15) is 0 Å². The highest BCUT2D eigenvalue weighted by Crippen LogP contribution is 2.26. The van der Waals surface area contributed by atoms with Crippen molar-refractivity contribution in [3.8, 4) is 5.75 Å². The topological polar surface area (TPSA) is 66.0 Å². The summed E-state index contributed by atoms with van der Waals surface area (Å²) in [5.41, 5.74) is 8.32. The number of anilines is 1. The number of rotatable bonds is 4. The zero-order valence-corrected chi connectivity index (χ0v) is 11.6. The zero-order chi connectivity index (χ0) is 14.8. The summed E-state index contributed by atoms with van der Waals surface area (Å²) >= 11 is 0. The van der Waals surface area contributed by atoms with Gasteiger partial charge in [0.15, 0.2) is 11.6 Å². The van der Waals surface area contributed by atoms with Crippen molar-refractivity contribution in [2.45, 2.75) is 13.0 Å². The maximum absolute atomic E-state index is 13.7. The van der Waals surface area contributed by atoms with Crippen LogP contribution in [0.3, 0.4) is 0 Å². The van der Waals surface area contributed by atoms with Crippen molar-refractivity contribution in [3.63, 3.8) is 0 Å². The molecule has 6 heteroatoms. The summed E-state index contributed by atoms with van der Waals surface area (Å²) < 4.78 is 20.6. The quantitative estimate of drug-likeness (QED) is 0.800. The van der Waals surface area contributed by atoms with Crippen LogP contribution in [0.25, 0.3) is 11.0 Å². The predicted octanol–water partition coefficient (Wildman–Crippen LogP) is 2.40. The molecule has 0 atom stereocenters. The van der Waals surface area contributed by atoms with E-state index in [9.17, 15) is 4.39 Å². The highest BCUT2D eigenvalue weighted by molar-refractivity contribution is 5.80. The van der Waals surface area contributed by atoms with Gasteiger partial charge in [-0.25, -0.2) is 9.37 Å². The Balaban J connectivity index is 1.96. The van der Waals surface area contributed by atoms with E-state index in [1.54, 1.807) is 12.3 Å². The minimum atomic E-state index is -0.443. The number of aromatic nitrogens is 3. The van der Waals surface area contributed by atoms with Crippen LogP contribution in [0, 0.1) is 5.82 Å². The average Bonchev–Trinajstić information content (AvgIpc) is 2.79. The number of halogens is 1. The first-order chi connectivity index (χ1) is 10.2. The van der Waals surface area contributed by atoms with Gasteiger partial charge in [-0.1, -0.05) is 6.07 Å². The molecule has 108 valence electrons. The number of hydrogen-bond donors (Lipinski definition) is 1. The van der Waals surface area contributed by atoms with Gasteiger partial charge in [0.2, 0.25) is 5.95 Å². The second kappa shape index (κ2) is 5.40. The van der Waals surface area contributed by atoms with E-state index >= 15 is 0 Å². The molecule has 0 fully saturated rings. The van der Waals surface area contributed by atoms with Crippen molar-refractivity contribution in [2.24, 2.45) is 0 Å². The van der Waals surface area contributed by atoms with E-state index in [0.717, 1.165) is 17.5 Å². The Labute approximate surface area is 121 Å². The summed E-state index contributed by atoms with van der Waals surface area (Å²) in [4.78, 5) is 8.27. The first-order valence-corrected chi connectivity index (χ1v) is 6.57. The molecule has 0 aliphatic carbocycles. The van der Waals surface area contributed by atoms with Crippen LogP contribution in [0.5, 0.6) is 5.75 Å². The number of nitrogens with zero attached hydrogens (tertiary/aromatic N) is 3. The Hall–Kier alpha value is -2.63. The molecule has 0 aliphatic heterocycles. The lowest BCUT2D eigenvalue weighted by atomic mass is 10.2. The van der Waals surface area contributed by atoms with Gasteiger partial charge in [-0.05, 0) is 18.1 Å². The van der Waals surface area contributed by atoms with E-state index in [4.69, 9.17) is 10.5 Å². The second-order valence-corrected chi connectivity index (χ2v) is 4.71. The highest BCUT2D eigenvalue weighted by Gasteiger charge is 2.13. The van der Waals surface area contributed by atoms with Crippen LogP contribution in [-0.4, -0.2) is 21.6 Å². The summed E-state index contributed by atoms with van der Waals surface area (Å²) in [6, 6.07) is 6.86. The van der Waals surface area contributed by atoms with Crippen molar-refractivity contribution in [2.75, 3.05) is 12.8 Å². The third-order valence-corrected chi connectivity index (χ3v) is 3.40. The third-order valence-electron chi connectivity index (χ3n) is 3.40. The summed E-state index contributed by atoms with van der Waals surface area (Å²) in [6.07, 6.45) is 4.32. The van der Waals surface area contributed by atoms with E-state index in [2.05, 4.69) is 9.97 Å². The summed E-state index contributed by atoms with van der Waals surface area (Å²) in [6.45, 7) is 0.642. The number of ether oxygens (including phenoxy) is 1. The van der Waals surface area contributed by atoms with Crippen molar-refractivity contribution < 1.29 is 9.13 Å². The molecular weight excluding hydrogens is 271 g/mol. The van der Waals surface area contributed by atoms with Crippen LogP contribution in [0.15, 0.2) is 36.7 Å². The Morgan fingerprint density at radius 3 is 2.95 bits per heavy atom. The molecule has 0 saturated heterocycles. The van der Waals surface area contributed by atoms with Gasteiger partial charge in [0.25, 0.3) is 0 Å². The molecule has 21 heavy (non-hydrogen) atoms. The fraction of sp³-hybridized carbons (Fsp3) is 0.200. The highest BCUT2D eigenvalue weighted by atomic mass is 19.1. The van der Waals surface area contributed by atoms with E-state index < -0.39 is 5.82 Å². The van der Waals surface area contributed by atoms with Gasteiger partial charge in [-0.3, -0.25) is 4.98 Å². The van der Waals surface area contributed by atoms with Gasteiger partial charge >= 0.3 is 0 Å². The third kappa shape index (κ3) is 2.52. The Kier molecular flexibility index (Phi) is 3.43. The molecule has 5 nitrogen and oxygen atoms in total. The van der Waals surface area contributed by atoms with Crippen molar-refractivity contribution in [3.05, 3.63) is 48.0 Å². The Morgan fingerprint density at radius 1 is 1.38 bits per heavy atom. The van der Waals surface area contributed by atoms with E-state index in [-0.39, 0.29) is 5.75 Å². The number of benzene rings is 1. The molecule has 0 amide bonds. The minimum Gasteiger partial charge on any atom is -0.494 e. The molecular formula is C15H15FN4O. The normalized spacial score (nSPS) is 11.0. The molecule has 0 bridgehead atoms. The molecule has 2 aromatic heterocycles. The standard InChI is InChI=1S/C15H15FN4O/c1-21-14-8-13-12(7-11(14)16)19-15(17)20(13)6-4-10-3-2-5-18-9-10/h2-3,5,7-9H,4,6H2,1H3,(H2,17,19). The fourth-order valence-electron chi connectivity index (χ4n) is 2.32. The van der Waals surface area contributed by atoms with Gasteiger partial charge < -0.3 is 15.0 Å². The van der Waals surface area contributed by atoms with Crippen LogP contribution in [0.2, 0.25) is 0 Å². The van der Waals surface area contributed by atoms with Crippen LogP contribution < -0.4 is 10.5 Å². The molecule has 0 radical (unpaired) electrons. The lowest BCUT2D eigenvalue weighted by molar-refractivity contribution is 0.387. The largest absolute Gasteiger partial charge is 0.494 e. The molecule has 0 saturated carbocycles. The maximum atomic E-state index is 13.7. The van der Waals surface area contributed by atoms with E-state index in [1.807, 2.05) is 22.9 Å². The number of nitrogens with two attached hydrogens (primary N) is 1. The van der Waals surface area contributed by atoms with E-state index in [0.29, 0.717) is 18.0 Å². The maximum Gasteiger partial charge on any atom is 0.201 e. The van der Waals surface area contributed by atoms with Gasteiger partial charge in [0, 0.05) is 31.1 Å². The average molecular weight is 286 g/mol. The predicted molar refractivity (Wildman–Crippen MR) is 78.6 cm³/mol. The van der Waals surface area contributed by atoms with Crippen molar-refractivity contribution in [1.82, 2.24) is 14.5 Å². The number of pyridine rings is 1. The number of hydrogen-bond acceptors (Lipinski definition) is 4. The van der Waals surface area contributed by atoms with Crippen molar-refractivity contribution >= 4 is 17.0 Å². The van der Waals surface area contributed by atoms with Crippen molar-refractivity contribution in [1.29, 1.82) is 0 Å². The van der Waals surface area contributed by atoms with Crippen LogP contribution in [0.4, 0.5) is 10.3 Å². The molecule has 3 aromatic rings. The molecule has 2 N–H and O–H groups in total. The number of nitrogen functional groups attached to an aromatic ring is 1. The first kappa shape index (κ1) is 13.4. The molecule has 0 unspecified atom stereocenters. The number of imidazole rings is 1.